The lowest BCUT2D eigenvalue weighted by atomic mass is 9.42. The van der Waals surface area contributed by atoms with E-state index in [-0.39, 0.29) is 34.9 Å². The number of aliphatic hydroxyl groups excluding tert-OH is 2. The van der Waals surface area contributed by atoms with Gasteiger partial charge in [-0.15, -0.1) is 0 Å². The predicted octanol–water partition coefficient (Wildman–Crippen LogP) is 3.54. The minimum atomic E-state index is -0.897. The summed E-state index contributed by atoms with van der Waals surface area (Å²) in [6, 6.07) is 0. The van der Waals surface area contributed by atoms with E-state index in [0.29, 0.717) is 5.92 Å². The van der Waals surface area contributed by atoms with Crippen LogP contribution in [0.5, 0.6) is 0 Å². The highest BCUT2D eigenvalue weighted by atomic mass is 16.3. The van der Waals surface area contributed by atoms with Crippen molar-refractivity contribution >= 4 is 5.78 Å². The fourth-order valence-corrected chi connectivity index (χ4v) is 6.33. The highest BCUT2D eigenvalue weighted by molar-refractivity contribution is 5.99. The Hall–Kier alpha value is -1.55. The standard InChI is InChI=1S/C20H26O4/c1-18-7-6-16-19(2,8-14(22)17(23)20(16,3)11-21)15(18)5-4-12-9-24-10-13(12)18/h8-10,15-16,21-22H,4-7,11H2,1-3H3. The molecule has 0 bridgehead atoms. The fourth-order valence-electron chi connectivity index (χ4n) is 6.33. The van der Waals surface area contributed by atoms with Crippen molar-refractivity contribution in [2.75, 3.05) is 6.61 Å². The monoisotopic (exact) mass is 330 g/mol. The van der Waals surface area contributed by atoms with Crippen LogP contribution in [0.15, 0.2) is 28.8 Å². The number of carbonyl (C=O) groups is 1. The molecule has 1 aromatic rings. The van der Waals surface area contributed by atoms with Crippen molar-refractivity contribution in [3.8, 4) is 0 Å². The van der Waals surface area contributed by atoms with Crippen molar-refractivity contribution in [3.05, 3.63) is 35.5 Å². The third kappa shape index (κ3) is 1.70. The van der Waals surface area contributed by atoms with E-state index in [1.165, 1.54) is 11.1 Å². The Balaban J connectivity index is 1.88. The summed E-state index contributed by atoms with van der Waals surface area (Å²) >= 11 is 0. The second-order valence-electron chi connectivity index (χ2n) is 8.71. The number of Topliss-reactive ketones (excluding diaryl/α,β-unsaturated/α-hetero) is 1. The van der Waals surface area contributed by atoms with Crippen LogP contribution in [0.2, 0.25) is 0 Å². The first-order valence-corrected chi connectivity index (χ1v) is 8.90. The van der Waals surface area contributed by atoms with Gasteiger partial charge in [0.05, 0.1) is 24.5 Å². The Morgan fingerprint density at radius 3 is 2.67 bits per heavy atom. The van der Waals surface area contributed by atoms with Gasteiger partial charge in [-0.05, 0) is 72.5 Å². The van der Waals surface area contributed by atoms with E-state index in [1.807, 2.05) is 19.5 Å². The average Bonchev–Trinajstić information content (AvgIpc) is 3.02. The van der Waals surface area contributed by atoms with Gasteiger partial charge in [-0.25, -0.2) is 0 Å². The average molecular weight is 330 g/mol. The van der Waals surface area contributed by atoms with Gasteiger partial charge in [0.25, 0.3) is 0 Å². The topological polar surface area (TPSA) is 70.7 Å². The van der Waals surface area contributed by atoms with E-state index in [4.69, 9.17) is 4.42 Å². The van der Waals surface area contributed by atoms with Crippen molar-refractivity contribution in [2.24, 2.45) is 22.7 Å². The first kappa shape index (κ1) is 15.9. The summed E-state index contributed by atoms with van der Waals surface area (Å²) in [4.78, 5) is 12.6. The smallest absolute Gasteiger partial charge is 0.205 e. The number of furan rings is 1. The molecule has 0 aliphatic heterocycles. The highest BCUT2D eigenvalue weighted by Gasteiger charge is 2.63. The molecule has 2 N–H and O–H groups in total. The first-order chi connectivity index (χ1) is 11.3. The first-order valence-electron chi connectivity index (χ1n) is 8.90. The van der Waals surface area contributed by atoms with Gasteiger partial charge >= 0.3 is 0 Å². The third-order valence-corrected chi connectivity index (χ3v) is 7.58. The number of hydrogen-bond donors (Lipinski definition) is 2. The van der Waals surface area contributed by atoms with Gasteiger partial charge in [-0.1, -0.05) is 13.8 Å². The molecule has 3 aliphatic carbocycles. The number of aryl methyl sites for hydroxylation is 1. The zero-order valence-electron chi connectivity index (χ0n) is 14.6. The molecule has 0 amide bonds. The molecule has 0 saturated heterocycles. The van der Waals surface area contributed by atoms with Crippen LogP contribution in [0.25, 0.3) is 0 Å². The molecule has 4 rings (SSSR count). The number of allylic oxidation sites excluding steroid dienone is 2. The van der Waals surface area contributed by atoms with Gasteiger partial charge in [0.1, 0.15) is 0 Å². The summed E-state index contributed by atoms with van der Waals surface area (Å²) in [5.74, 6) is -0.122. The lowest BCUT2D eigenvalue weighted by molar-refractivity contribution is -0.147. The lowest BCUT2D eigenvalue weighted by Gasteiger charge is -2.61. The minimum absolute atomic E-state index is 0.0145. The largest absolute Gasteiger partial charge is 0.505 e. The van der Waals surface area contributed by atoms with Crippen molar-refractivity contribution in [1.82, 2.24) is 0 Å². The molecular formula is C20H26O4. The molecule has 0 radical (unpaired) electrons. The van der Waals surface area contributed by atoms with E-state index in [9.17, 15) is 15.0 Å². The Kier molecular flexibility index (Phi) is 3.16. The molecular weight excluding hydrogens is 304 g/mol. The number of hydrogen-bond acceptors (Lipinski definition) is 4. The summed E-state index contributed by atoms with van der Waals surface area (Å²) in [5, 5.41) is 20.4. The Labute approximate surface area is 142 Å². The lowest BCUT2D eigenvalue weighted by Crippen LogP contribution is -2.60. The van der Waals surface area contributed by atoms with Gasteiger partial charge in [0.15, 0.2) is 5.76 Å². The molecule has 24 heavy (non-hydrogen) atoms. The van der Waals surface area contributed by atoms with Gasteiger partial charge in [-0.3, -0.25) is 4.79 Å². The summed E-state index contributed by atoms with van der Waals surface area (Å²) in [6.07, 6.45) is 9.35. The number of rotatable bonds is 1. The zero-order chi connectivity index (χ0) is 17.3. The molecule has 1 heterocycles. The molecule has 1 saturated carbocycles. The van der Waals surface area contributed by atoms with Crippen LogP contribution in [0, 0.1) is 22.7 Å². The number of ketones is 1. The molecule has 0 aromatic carbocycles. The second kappa shape index (κ2) is 4.75. The van der Waals surface area contributed by atoms with Crippen LogP contribution < -0.4 is 0 Å². The Morgan fingerprint density at radius 2 is 1.96 bits per heavy atom. The van der Waals surface area contributed by atoms with E-state index < -0.39 is 5.41 Å². The maximum absolute atomic E-state index is 12.6. The molecule has 1 fully saturated rings. The van der Waals surface area contributed by atoms with Crippen molar-refractivity contribution in [1.29, 1.82) is 0 Å². The normalized spacial score (nSPS) is 44.3. The molecule has 0 spiro atoms. The van der Waals surface area contributed by atoms with E-state index in [0.717, 1.165) is 25.7 Å². The summed E-state index contributed by atoms with van der Waals surface area (Å²) in [5.41, 5.74) is 1.36. The molecule has 3 aliphatic rings. The van der Waals surface area contributed by atoms with Crippen LogP contribution in [0.4, 0.5) is 0 Å². The molecule has 5 atom stereocenters. The summed E-state index contributed by atoms with van der Waals surface area (Å²) < 4.78 is 5.49. The molecule has 5 unspecified atom stereocenters. The van der Waals surface area contributed by atoms with Gasteiger partial charge in [0.2, 0.25) is 5.78 Å². The van der Waals surface area contributed by atoms with E-state index >= 15 is 0 Å². The van der Waals surface area contributed by atoms with Gasteiger partial charge < -0.3 is 14.6 Å². The molecule has 1 aromatic heterocycles. The Bertz CT molecular complexity index is 732. The minimum Gasteiger partial charge on any atom is -0.505 e. The van der Waals surface area contributed by atoms with E-state index in [1.54, 1.807) is 6.08 Å². The zero-order valence-corrected chi connectivity index (χ0v) is 14.6. The van der Waals surface area contributed by atoms with Crippen LogP contribution in [0.1, 0.15) is 51.2 Å². The van der Waals surface area contributed by atoms with Crippen LogP contribution in [0.3, 0.4) is 0 Å². The molecule has 130 valence electrons. The van der Waals surface area contributed by atoms with Crippen molar-refractivity contribution in [2.45, 2.75) is 51.9 Å². The van der Waals surface area contributed by atoms with Crippen molar-refractivity contribution in [3.63, 3.8) is 0 Å². The third-order valence-electron chi connectivity index (χ3n) is 7.58. The van der Waals surface area contributed by atoms with E-state index in [2.05, 4.69) is 13.8 Å². The van der Waals surface area contributed by atoms with Crippen LogP contribution in [-0.4, -0.2) is 22.6 Å². The summed E-state index contributed by atoms with van der Waals surface area (Å²) in [7, 11) is 0. The maximum Gasteiger partial charge on any atom is 0.205 e. The van der Waals surface area contributed by atoms with Gasteiger partial charge in [0, 0.05) is 0 Å². The predicted molar refractivity (Wildman–Crippen MR) is 89.6 cm³/mol. The number of carbonyl (C=O) groups excluding carboxylic acids is 1. The highest BCUT2D eigenvalue weighted by Crippen LogP contribution is 2.65. The number of aliphatic hydroxyl groups is 2. The second-order valence-corrected chi connectivity index (χ2v) is 8.71. The van der Waals surface area contributed by atoms with Crippen LogP contribution >= 0.6 is 0 Å². The van der Waals surface area contributed by atoms with Crippen LogP contribution in [-0.2, 0) is 16.6 Å². The quantitative estimate of drug-likeness (QED) is 0.826. The number of fused-ring (bicyclic) bond motifs is 5. The molecule has 4 heteroatoms. The van der Waals surface area contributed by atoms with Crippen molar-refractivity contribution < 1.29 is 19.4 Å². The SMILES string of the molecule is CC1(CO)C(=O)C(O)=CC2(C)C1CCC1(C)c3cocc3CCC12. The summed E-state index contributed by atoms with van der Waals surface area (Å²) in [6.45, 7) is 6.06. The maximum atomic E-state index is 12.6. The fraction of sp³-hybridized carbons (Fsp3) is 0.650. The Morgan fingerprint density at radius 1 is 1.21 bits per heavy atom. The molecule has 4 nitrogen and oxygen atoms in total. The van der Waals surface area contributed by atoms with Gasteiger partial charge in [-0.2, -0.15) is 0 Å².